The Hall–Kier alpha value is -2.29. The van der Waals surface area contributed by atoms with Gasteiger partial charge in [0.1, 0.15) is 36.9 Å². The molecule has 7 heteroatoms. The molecule has 0 radical (unpaired) electrons. The Bertz CT molecular complexity index is 949. The molecule has 3 rings (SSSR count). The van der Waals surface area contributed by atoms with E-state index in [4.69, 9.17) is 18.9 Å². The lowest BCUT2D eigenvalue weighted by Gasteiger charge is -2.17. The van der Waals surface area contributed by atoms with E-state index in [2.05, 4.69) is 0 Å². The Morgan fingerprint density at radius 2 is 1.45 bits per heavy atom. The first-order valence-corrected chi connectivity index (χ1v) is 10.8. The third-order valence-corrected chi connectivity index (χ3v) is 5.59. The summed E-state index contributed by atoms with van der Waals surface area (Å²) in [5.41, 5.74) is 0. The average Bonchev–Trinajstić information content (AvgIpc) is 2.78. The van der Waals surface area contributed by atoms with Crippen LogP contribution in [0.5, 0.6) is 11.5 Å². The highest BCUT2D eigenvalue weighted by Gasteiger charge is 2.14. The zero-order chi connectivity index (χ0) is 22.1. The summed E-state index contributed by atoms with van der Waals surface area (Å²) in [7, 11) is 3.09. The van der Waals surface area contributed by atoms with Crippen molar-refractivity contribution in [3.8, 4) is 11.5 Å². The second kappa shape index (κ2) is 11.9. The minimum atomic E-state index is -0.704. The van der Waals surface area contributed by atoms with Gasteiger partial charge in [0.25, 0.3) is 0 Å². The van der Waals surface area contributed by atoms with Crippen LogP contribution in [0.15, 0.2) is 70.5 Å². The van der Waals surface area contributed by atoms with Gasteiger partial charge in [0.2, 0.25) is 0 Å². The van der Waals surface area contributed by atoms with Gasteiger partial charge in [-0.2, -0.15) is 0 Å². The normalized spacial score (nSPS) is 13.2. The van der Waals surface area contributed by atoms with Crippen LogP contribution in [-0.4, -0.2) is 63.1 Å². The molecule has 0 aliphatic carbocycles. The summed E-state index contributed by atoms with van der Waals surface area (Å²) >= 11 is 1.60. The van der Waals surface area contributed by atoms with E-state index in [1.54, 1.807) is 26.0 Å². The van der Waals surface area contributed by atoms with Crippen molar-refractivity contribution >= 4 is 22.5 Å². The molecular formula is C24H28O6S. The van der Waals surface area contributed by atoms with Crippen molar-refractivity contribution in [1.82, 2.24) is 0 Å². The SMILES string of the molecule is COCC(O)COc1ccc2c(Sc3ccccc3)c(OCC(O)COC)ccc2c1. The molecule has 0 fully saturated rings. The molecule has 0 saturated heterocycles. The van der Waals surface area contributed by atoms with Crippen LogP contribution in [0.25, 0.3) is 10.8 Å². The summed E-state index contributed by atoms with van der Waals surface area (Å²) in [6.45, 7) is 0.731. The molecule has 0 saturated carbocycles. The second-order valence-corrected chi connectivity index (χ2v) is 8.11. The quantitative estimate of drug-likeness (QED) is 0.440. The molecule has 3 aromatic rings. The smallest absolute Gasteiger partial charge is 0.134 e. The number of methoxy groups -OCH3 is 2. The number of ether oxygens (including phenoxy) is 4. The molecule has 31 heavy (non-hydrogen) atoms. The first-order valence-electron chi connectivity index (χ1n) is 10.00. The topological polar surface area (TPSA) is 77.4 Å². The van der Waals surface area contributed by atoms with Crippen molar-refractivity contribution in [3.05, 3.63) is 60.7 Å². The molecule has 2 atom stereocenters. The van der Waals surface area contributed by atoms with Crippen molar-refractivity contribution in [2.75, 3.05) is 40.6 Å². The van der Waals surface area contributed by atoms with Crippen molar-refractivity contribution in [3.63, 3.8) is 0 Å². The molecule has 0 spiro atoms. The lowest BCUT2D eigenvalue weighted by molar-refractivity contribution is 0.0319. The Kier molecular flexibility index (Phi) is 8.99. The van der Waals surface area contributed by atoms with Gasteiger partial charge in [-0.1, -0.05) is 36.0 Å². The highest BCUT2D eigenvalue weighted by molar-refractivity contribution is 7.99. The van der Waals surface area contributed by atoms with E-state index in [1.807, 2.05) is 60.7 Å². The van der Waals surface area contributed by atoms with Gasteiger partial charge in [-0.25, -0.2) is 0 Å². The first-order chi connectivity index (χ1) is 15.1. The van der Waals surface area contributed by atoms with E-state index >= 15 is 0 Å². The highest BCUT2D eigenvalue weighted by atomic mass is 32.2. The molecule has 2 N–H and O–H groups in total. The largest absolute Gasteiger partial charge is 0.491 e. The van der Waals surface area contributed by atoms with Gasteiger partial charge in [0.05, 0.1) is 18.1 Å². The fourth-order valence-electron chi connectivity index (χ4n) is 3.03. The van der Waals surface area contributed by atoms with Gasteiger partial charge in [-0.15, -0.1) is 0 Å². The minimum Gasteiger partial charge on any atom is -0.491 e. The molecule has 0 aromatic heterocycles. The predicted molar refractivity (Wildman–Crippen MR) is 121 cm³/mol. The number of rotatable bonds is 12. The third-order valence-electron chi connectivity index (χ3n) is 4.46. The average molecular weight is 445 g/mol. The van der Waals surface area contributed by atoms with E-state index in [0.29, 0.717) is 11.5 Å². The Morgan fingerprint density at radius 3 is 2.13 bits per heavy atom. The van der Waals surface area contributed by atoms with E-state index < -0.39 is 12.2 Å². The maximum absolute atomic E-state index is 9.98. The Morgan fingerprint density at radius 1 is 0.774 bits per heavy atom. The van der Waals surface area contributed by atoms with Crippen molar-refractivity contribution < 1.29 is 29.2 Å². The summed E-state index contributed by atoms with van der Waals surface area (Å²) in [6, 6.07) is 19.7. The molecule has 166 valence electrons. The number of aliphatic hydroxyl groups excluding tert-OH is 2. The summed E-state index contributed by atoms with van der Waals surface area (Å²) < 4.78 is 21.6. The lowest BCUT2D eigenvalue weighted by Crippen LogP contribution is -2.22. The van der Waals surface area contributed by atoms with E-state index in [-0.39, 0.29) is 26.4 Å². The minimum absolute atomic E-state index is 0.139. The monoisotopic (exact) mass is 444 g/mol. The van der Waals surface area contributed by atoms with Gasteiger partial charge in [-0.05, 0) is 47.2 Å². The number of hydrogen-bond donors (Lipinski definition) is 2. The molecule has 6 nitrogen and oxygen atoms in total. The molecular weight excluding hydrogens is 416 g/mol. The lowest BCUT2D eigenvalue weighted by atomic mass is 10.1. The van der Waals surface area contributed by atoms with E-state index in [9.17, 15) is 10.2 Å². The Balaban J connectivity index is 1.87. The Labute approximate surface area is 186 Å². The standard InChI is InChI=1S/C24H28O6S/c1-27-13-18(25)15-29-20-9-10-22-17(12-20)8-11-23(30-16-19(26)14-28-2)24(22)31-21-6-4-3-5-7-21/h3-12,18-19,25-26H,13-16H2,1-2H3. The summed E-state index contributed by atoms with van der Waals surface area (Å²) in [4.78, 5) is 2.04. The summed E-state index contributed by atoms with van der Waals surface area (Å²) in [5.74, 6) is 1.36. The van der Waals surface area contributed by atoms with Crippen LogP contribution in [0.1, 0.15) is 0 Å². The van der Waals surface area contributed by atoms with Gasteiger partial charge >= 0.3 is 0 Å². The van der Waals surface area contributed by atoms with Crippen LogP contribution >= 0.6 is 11.8 Å². The maximum atomic E-state index is 9.98. The molecule has 0 heterocycles. The number of hydrogen-bond acceptors (Lipinski definition) is 7. The van der Waals surface area contributed by atoms with Crippen LogP contribution in [-0.2, 0) is 9.47 Å². The van der Waals surface area contributed by atoms with Crippen LogP contribution < -0.4 is 9.47 Å². The van der Waals surface area contributed by atoms with Crippen LogP contribution in [0.4, 0.5) is 0 Å². The van der Waals surface area contributed by atoms with Gasteiger partial charge in [0.15, 0.2) is 0 Å². The van der Waals surface area contributed by atoms with Crippen LogP contribution in [0.2, 0.25) is 0 Å². The molecule has 3 aromatic carbocycles. The number of aliphatic hydroxyl groups is 2. The zero-order valence-corrected chi connectivity index (χ0v) is 18.5. The van der Waals surface area contributed by atoms with E-state index in [1.165, 1.54) is 0 Å². The summed E-state index contributed by atoms with van der Waals surface area (Å²) in [6.07, 6.45) is -1.39. The van der Waals surface area contributed by atoms with Gasteiger partial charge < -0.3 is 29.2 Å². The molecule has 0 amide bonds. The van der Waals surface area contributed by atoms with E-state index in [0.717, 1.165) is 20.6 Å². The molecule has 0 bridgehead atoms. The number of benzene rings is 3. The predicted octanol–water partition coefficient (Wildman–Crippen LogP) is 3.76. The molecule has 2 unspecified atom stereocenters. The molecule has 0 aliphatic rings. The summed E-state index contributed by atoms with van der Waals surface area (Å²) in [5, 5.41) is 21.8. The highest BCUT2D eigenvalue weighted by Crippen LogP contribution is 2.41. The third kappa shape index (κ3) is 6.85. The fourth-order valence-corrected chi connectivity index (χ4v) is 4.09. The second-order valence-electron chi connectivity index (χ2n) is 7.03. The van der Waals surface area contributed by atoms with Crippen LogP contribution in [0, 0.1) is 0 Å². The number of fused-ring (bicyclic) bond motifs is 1. The van der Waals surface area contributed by atoms with Gasteiger partial charge in [0, 0.05) is 19.1 Å². The van der Waals surface area contributed by atoms with Crippen molar-refractivity contribution in [2.45, 2.75) is 22.0 Å². The van der Waals surface area contributed by atoms with Gasteiger partial charge in [-0.3, -0.25) is 0 Å². The van der Waals surface area contributed by atoms with Crippen LogP contribution in [0.3, 0.4) is 0 Å². The van der Waals surface area contributed by atoms with Crippen molar-refractivity contribution in [1.29, 1.82) is 0 Å². The molecule has 0 aliphatic heterocycles. The fraction of sp³-hybridized carbons (Fsp3) is 0.333. The van der Waals surface area contributed by atoms with Crippen molar-refractivity contribution in [2.24, 2.45) is 0 Å². The first kappa shape index (κ1) is 23.4. The zero-order valence-electron chi connectivity index (χ0n) is 17.7. The maximum Gasteiger partial charge on any atom is 0.134 e.